The van der Waals surface area contributed by atoms with Gasteiger partial charge in [-0.2, -0.15) is 0 Å². The van der Waals surface area contributed by atoms with Crippen molar-refractivity contribution in [3.05, 3.63) is 66.4 Å². The Labute approximate surface area is 165 Å². The van der Waals surface area contributed by atoms with E-state index in [-0.39, 0.29) is 5.91 Å². The highest BCUT2D eigenvalue weighted by Crippen LogP contribution is 2.42. The molecule has 0 spiro atoms. The molecule has 27 heavy (non-hydrogen) atoms. The summed E-state index contributed by atoms with van der Waals surface area (Å²) in [6.07, 6.45) is 0. The van der Waals surface area contributed by atoms with Crippen LogP contribution in [0.2, 0.25) is 0 Å². The zero-order valence-electron chi connectivity index (χ0n) is 14.3. The molecule has 1 saturated heterocycles. The molecular formula is C20H14N2O3S2. The molecule has 3 aromatic rings. The molecule has 1 fully saturated rings. The van der Waals surface area contributed by atoms with E-state index in [0.29, 0.717) is 21.3 Å². The Morgan fingerprint density at radius 3 is 2.59 bits per heavy atom. The molecule has 134 valence electrons. The lowest BCUT2D eigenvalue weighted by Crippen LogP contribution is -2.29. The number of carbonyl (C=O) groups is 2. The van der Waals surface area contributed by atoms with Gasteiger partial charge < -0.3 is 4.74 Å². The fraction of sp³-hybridized carbons (Fsp3) is 0.100. The molecule has 0 saturated carbocycles. The lowest BCUT2D eigenvalue weighted by molar-refractivity contribution is -0.131. The van der Waals surface area contributed by atoms with Gasteiger partial charge in [0.15, 0.2) is 0 Å². The Morgan fingerprint density at radius 1 is 1.15 bits per heavy atom. The maximum Gasteiger partial charge on any atom is 0.308 e. The number of amides is 1. The second-order valence-electron chi connectivity index (χ2n) is 5.93. The highest BCUT2D eigenvalue weighted by molar-refractivity contribution is 8.24. The van der Waals surface area contributed by atoms with Crippen LogP contribution in [0.3, 0.4) is 0 Å². The minimum Gasteiger partial charge on any atom is -0.426 e. The van der Waals surface area contributed by atoms with Crippen LogP contribution in [0.4, 0.5) is 5.69 Å². The van der Waals surface area contributed by atoms with Crippen LogP contribution >= 0.6 is 24.0 Å². The summed E-state index contributed by atoms with van der Waals surface area (Å²) in [5.41, 5.74) is 1.90. The van der Waals surface area contributed by atoms with E-state index in [1.807, 2.05) is 54.6 Å². The van der Waals surface area contributed by atoms with Crippen LogP contribution in [-0.2, 0) is 9.59 Å². The van der Waals surface area contributed by atoms with Crippen molar-refractivity contribution in [2.45, 2.75) is 12.2 Å². The minimum atomic E-state index is -0.586. The summed E-state index contributed by atoms with van der Waals surface area (Å²) in [6, 6.07) is 18.3. The Balaban J connectivity index is 1.77. The van der Waals surface area contributed by atoms with E-state index in [1.54, 1.807) is 6.07 Å². The van der Waals surface area contributed by atoms with Gasteiger partial charge in [0.25, 0.3) is 5.91 Å². The molecule has 0 radical (unpaired) electrons. The van der Waals surface area contributed by atoms with E-state index in [1.165, 1.54) is 23.6 Å². The fourth-order valence-corrected chi connectivity index (χ4v) is 4.38. The third-order valence-electron chi connectivity index (χ3n) is 4.08. The maximum atomic E-state index is 13.1. The van der Waals surface area contributed by atoms with Crippen molar-refractivity contribution in [1.29, 1.82) is 0 Å². The second-order valence-corrected chi connectivity index (χ2v) is 7.67. The molecule has 2 aromatic carbocycles. The first-order valence-corrected chi connectivity index (χ1v) is 9.51. The number of carbonyl (C=O) groups excluding carboxylic acids is 2. The summed E-state index contributed by atoms with van der Waals surface area (Å²) in [7, 11) is 0. The van der Waals surface area contributed by atoms with Gasteiger partial charge in [-0.15, -0.1) is 0 Å². The van der Waals surface area contributed by atoms with Crippen LogP contribution in [0.25, 0.3) is 10.9 Å². The molecule has 1 aromatic heterocycles. The molecule has 4 rings (SSSR count). The number of thioether (sulfide) groups is 1. The highest BCUT2D eigenvalue weighted by atomic mass is 32.2. The monoisotopic (exact) mass is 394 g/mol. The Hall–Kier alpha value is -2.77. The van der Waals surface area contributed by atoms with Gasteiger partial charge in [-0.25, -0.2) is 0 Å². The van der Waals surface area contributed by atoms with Gasteiger partial charge in [-0.3, -0.25) is 19.5 Å². The molecule has 2 heterocycles. The maximum absolute atomic E-state index is 13.1. The third kappa shape index (κ3) is 3.31. The molecule has 1 aliphatic heterocycles. The molecule has 0 aliphatic carbocycles. The highest BCUT2D eigenvalue weighted by Gasteiger charge is 2.40. The van der Waals surface area contributed by atoms with Crippen molar-refractivity contribution in [3.63, 3.8) is 0 Å². The van der Waals surface area contributed by atoms with Gasteiger partial charge in [-0.1, -0.05) is 54.3 Å². The van der Waals surface area contributed by atoms with E-state index in [4.69, 9.17) is 17.0 Å². The quantitative estimate of drug-likeness (QED) is 0.489. The smallest absolute Gasteiger partial charge is 0.308 e. The molecule has 0 N–H and O–H groups in total. The summed E-state index contributed by atoms with van der Waals surface area (Å²) >= 11 is 6.70. The normalized spacial score (nSPS) is 16.8. The zero-order valence-corrected chi connectivity index (χ0v) is 15.9. The zero-order chi connectivity index (χ0) is 19.0. The Morgan fingerprint density at radius 2 is 1.85 bits per heavy atom. The fourth-order valence-electron chi connectivity index (χ4n) is 2.94. The number of anilines is 1. The number of ether oxygens (including phenoxy) is 1. The molecule has 7 heteroatoms. The number of hydrogen-bond acceptors (Lipinski definition) is 6. The number of pyridine rings is 1. The third-order valence-corrected chi connectivity index (χ3v) is 5.61. The Kier molecular flexibility index (Phi) is 4.63. The van der Waals surface area contributed by atoms with Crippen LogP contribution in [0.1, 0.15) is 17.9 Å². The van der Waals surface area contributed by atoms with Gasteiger partial charge >= 0.3 is 5.97 Å². The van der Waals surface area contributed by atoms with E-state index in [9.17, 15) is 9.59 Å². The predicted molar refractivity (Wildman–Crippen MR) is 110 cm³/mol. The molecule has 1 amide bonds. The molecule has 1 unspecified atom stereocenters. The van der Waals surface area contributed by atoms with Gasteiger partial charge in [0.1, 0.15) is 15.3 Å². The largest absolute Gasteiger partial charge is 0.426 e. The number of nitrogens with zero attached hydrogens (tertiary/aromatic N) is 2. The molecule has 1 atom stereocenters. The summed E-state index contributed by atoms with van der Waals surface area (Å²) in [4.78, 5) is 30.7. The number of benzene rings is 2. The second kappa shape index (κ2) is 7.09. The minimum absolute atomic E-state index is 0.159. The molecular weight excluding hydrogens is 380 g/mol. The number of thiocarbonyl (C=S) groups is 1. The summed E-state index contributed by atoms with van der Waals surface area (Å²) in [5, 5.41) is 0.131. The van der Waals surface area contributed by atoms with Crippen LogP contribution in [-0.4, -0.2) is 21.2 Å². The topological polar surface area (TPSA) is 59.5 Å². The number of para-hydroxylation sites is 2. The number of fused-ring (bicyclic) bond motifs is 1. The van der Waals surface area contributed by atoms with Crippen LogP contribution in [0, 0.1) is 0 Å². The predicted octanol–water partition coefficient (Wildman–Crippen LogP) is 4.27. The molecule has 1 aliphatic rings. The van der Waals surface area contributed by atoms with E-state index < -0.39 is 11.2 Å². The van der Waals surface area contributed by atoms with Gasteiger partial charge in [0.2, 0.25) is 0 Å². The van der Waals surface area contributed by atoms with Gasteiger partial charge in [-0.05, 0) is 24.3 Å². The van der Waals surface area contributed by atoms with Crippen LogP contribution in [0.5, 0.6) is 5.75 Å². The van der Waals surface area contributed by atoms with Crippen molar-refractivity contribution < 1.29 is 14.3 Å². The lowest BCUT2D eigenvalue weighted by atomic mass is 10.1. The standard InChI is InChI=1S/C20H14N2O3S2/c1-12(23)25-17-11-16(21-15-10-6-5-9-14(15)17)18-19(24)22(20(26)27-18)13-7-3-2-4-8-13/h2-11,18H,1H3. The molecule has 5 nitrogen and oxygen atoms in total. The lowest BCUT2D eigenvalue weighted by Gasteiger charge is -2.15. The SMILES string of the molecule is CC(=O)Oc1cc(C2SC(=S)N(c3ccccc3)C2=O)nc2ccccc12. The van der Waals surface area contributed by atoms with E-state index >= 15 is 0 Å². The average Bonchev–Trinajstić information content (AvgIpc) is 2.96. The molecule has 0 bridgehead atoms. The number of esters is 1. The van der Waals surface area contributed by atoms with Crippen molar-refractivity contribution in [1.82, 2.24) is 4.98 Å². The van der Waals surface area contributed by atoms with E-state index in [0.717, 1.165) is 11.1 Å². The van der Waals surface area contributed by atoms with Gasteiger partial charge in [0, 0.05) is 18.4 Å². The summed E-state index contributed by atoms with van der Waals surface area (Å²) < 4.78 is 5.83. The first-order valence-electron chi connectivity index (χ1n) is 8.22. The number of rotatable bonds is 3. The first kappa shape index (κ1) is 17.6. The van der Waals surface area contributed by atoms with Crippen LogP contribution < -0.4 is 9.64 Å². The van der Waals surface area contributed by atoms with Crippen molar-refractivity contribution in [2.24, 2.45) is 0 Å². The van der Waals surface area contributed by atoms with Crippen molar-refractivity contribution in [3.8, 4) is 5.75 Å². The average molecular weight is 394 g/mol. The Bertz CT molecular complexity index is 1070. The van der Waals surface area contributed by atoms with Crippen LogP contribution in [0.15, 0.2) is 60.7 Å². The van der Waals surface area contributed by atoms with Crippen molar-refractivity contribution in [2.75, 3.05) is 4.90 Å². The summed E-state index contributed by atoms with van der Waals surface area (Å²) in [6.45, 7) is 1.34. The van der Waals surface area contributed by atoms with Crippen molar-refractivity contribution >= 4 is 56.8 Å². The number of aromatic nitrogens is 1. The first-order chi connectivity index (χ1) is 13.0. The van der Waals surface area contributed by atoms with Gasteiger partial charge in [0.05, 0.1) is 16.9 Å². The van der Waals surface area contributed by atoms with E-state index in [2.05, 4.69) is 4.98 Å². The summed E-state index contributed by atoms with van der Waals surface area (Å²) in [5.74, 6) is -0.197. The number of hydrogen-bond donors (Lipinski definition) is 0.